The van der Waals surface area contributed by atoms with E-state index in [1.54, 1.807) is 0 Å². The summed E-state index contributed by atoms with van der Waals surface area (Å²) in [6.45, 7) is 7.17. The maximum Gasteiger partial charge on any atom is 0.0651 e. The standard InChI is InChI=1S/C12H27IN2O/c1-3-12(2,8-4-5-9-14)16-11-7-6-10-15-13/h15H,3-11,14H2,1-2H3. The summed E-state index contributed by atoms with van der Waals surface area (Å²) < 4.78 is 9.12. The van der Waals surface area contributed by atoms with Gasteiger partial charge in [0.1, 0.15) is 0 Å². The Balaban J connectivity index is 3.61. The van der Waals surface area contributed by atoms with Crippen LogP contribution in [0.2, 0.25) is 0 Å². The Morgan fingerprint density at radius 2 is 2.00 bits per heavy atom. The van der Waals surface area contributed by atoms with E-state index in [1.165, 1.54) is 12.8 Å². The summed E-state index contributed by atoms with van der Waals surface area (Å²) in [5.41, 5.74) is 5.57. The summed E-state index contributed by atoms with van der Waals surface area (Å²) in [6.07, 6.45) is 6.83. The van der Waals surface area contributed by atoms with Gasteiger partial charge in [-0.1, -0.05) is 6.92 Å². The van der Waals surface area contributed by atoms with E-state index in [-0.39, 0.29) is 5.60 Å². The Morgan fingerprint density at radius 3 is 2.56 bits per heavy atom. The number of halogens is 1. The van der Waals surface area contributed by atoms with Crippen LogP contribution in [0.1, 0.15) is 52.4 Å². The van der Waals surface area contributed by atoms with Crippen molar-refractivity contribution in [2.75, 3.05) is 19.7 Å². The molecule has 0 aliphatic carbocycles. The first-order valence-electron chi connectivity index (χ1n) is 6.36. The summed E-state index contributed by atoms with van der Waals surface area (Å²) >= 11 is 2.18. The second kappa shape index (κ2) is 10.7. The van der Waals surface area contributed by atoms with Crippen LogP contribution in [0.5, 0.6) is 0 Å². The van der Waals surface area contributed by atoms with Gasteiger partial charge in [0.15, 0.2) is 0 Å². The van der Waals surface area contributed by atoms with E-state index in [0.717, 1.165) is 45.4 Å². The number of unbranched alkanes of at least 4 members (excludes halogenated alkanes) is 2. The molecule has 1 atom stereocenters. The van der Waals surface area contributed by atoms with Crippen molar-refractivity contribution in [2.45, 2.75) is 58.0 Å². The van der Waals surface area contributed by atoms with Crippen LogP contribution in [-0.4, -0.2) is 25.3 Å². The van der Waals surface area contributed by atoms with Gasteiger partial charge >= 0.3 is 0 Å². The van der Waals surface area contributed by atoms with E-state index in [2.05, 4.69) is 40.2 Å². The second-order valence-electron chi connectivity index (χ2n) is 4.49. The third-order valence-corrected chi connectivity index (χ3v) is 3.56. The molecule has 0 aliphatic rings. The SMILES string of the molecule is CCC(C)(CCCCN)OCCCCNI. The summed E-state index contributed by atoms with van der Waals surface area (Å²) in [4.78, 5) is 0. The van der Waals surface area contributed by atoms with Crippen molar-refractivity contribution in [2.24, 2.45) is 5.73 Å². The van der Waals surface area contributed by atoms with Crippen LogP contribution in [0.4, 0.5) is 0 Å². The minimum absolute atomic E-state index is 0.0624. The molecule has 0 aliphatic heterocycles. The van der Waals surface area contributed by atoms with Gasteiger partial charge in [-0.2, -0.15) is 0 Å². The van der Waals surface area contributed by atoms with E-state index < -0.39 is 0 Å². The van der Waals surface area contributed by atoms with Crippen LogP contribution in [0, 0.1) is 0 Å². The monoisotopic (exact) mass is 342 g/mol. The highest BCUT2D eigenvalue weighted by molar-refractivity contribution is 14.1. The summed E-state index contributed by atoms with van der Waals surface area (Å²) in [5.74, 6) is 0. The number of ether oxygens (including phenoxy) is 1. The first kappa shape index (κ1) is 16.6. The highest BCUT2D eigenvalue weighted by Crippen LogP contribution is 2.22. The first-order valence-corrected chi connectivity index (χ1v) is 7.44. The molecule has 0 rings (SSSR count). The van der Waals surface area contributed by atoms with Gasteiger partial charge in [-0.15, -0.1) is 0 Å². The summed E-state index contributed by atoms with van der Waals surface area (Å²) in [7, 11) is 0. The Kier molecular flexibility index (Phi) is 11.2. The minimum Gasteiger partial charge on any atom is -0.375 e. The largest absolute Gasteiger partial charge is 0.375 e. The molecule has 1 unspecified atom stereocenters. The number of rotatable bonds is 11. The molecular weight excluding hydrogens is 315 g/mol. The zero-order valence-electron chi connectivity index (χ0n) is 10.7. The van der Waals surface area contributed by atoms with Gasteiger partial charge in [-0.05, 0) is 52.0 Å². The molecule has 0 heterocycles. The molecule has 3 N–H and O–H groups in total. The van der Waals surface area contributed by atoms with Gasteiger partial charge in [0, 0.05) is 36.0 Å². The topological polar surface area (TPSA) is 47.3 Å². The Labute approximate surface area is 114 Å². The fraction of sp³-hybridized carbons (Fsp3) is 1.00. The number of hydrogen-bond acceptors (Lipinski definition) is 3. The van der Waals surface area contributed by atoms with Gasteiger partial charge in [0.25, 0.3) is 0 Å². The Hall–Kier alpha value is 0.610. The molecule has 0 aromatic carbocycles. The summed E-state index contributed by atoms with van der Waals surface area (Å²) in [5, 5.41) is 0. The first-order chi connectivity index (χ1) is 7.68. The predicted molar refractivity (Wildman–Crippen MR) is 78.8 cm³/mol. The highest BCUT2D eigenvalue weighted by atomic mass is 127. The van der Waals surface area contributed by atoms with Crippen LogP contribution in [0.15, 0.2) is 0 Å². The molecule has 0 radical (unpaired) electrons. The third kappa shape index (κ3) is 8.73. The van der Waals surface area contributed by atoms with Gasteiger partial charge < -0.3 is 10.5 Å². The molecule has 0 fully saturated rings. The van der Waals surface area contributed by atoms with Crippen molar-refractivity contribution in [3.63, 3.8) is 0 Å². The lowest BCUT2D eigenvalue weighted by molar-refractivity contribution is -0.0430. The highest BCUT2D eigenvalue weighted by Gasteiger charge is 2.21. The fourth-order valence-corrected chi connectivity index (χ4v) is 1.99. The van der Waals surface area contributed by atoms with Crippen LogP contribution in [0.25, 0.3) is 0 Å². The van der Waals surface area contributed by atoms with E-state index in [9.17, 15) is 0 Å². The smallest absolute Gasteiger partial charge is 0.0651 e. The molecule has 0 amide bonds. The molecule has 0 saturated heterocycles. The van der Waals surface area contributed by atoms with Crippen LogP contribution >= 0.6 is 22.9 Å². The molecule has 0 saturated carbocycles. The quantitative estimate of drug-likeness (QED) is 0.345. The van der Waals surface area contributed by atoms with Crippen molar-refractivity contribution in [3.05, 3.63) is 0 Å². The zero-order chi connectivity index (χ0) is 12.3. The van der Waals surface area contributed by atoms with Crippen LogP contribution in [0.3, 0.4) is 0 Å². The van der Waals surface area contributed by atoms with Gasteiger partial charge in [-0.25, -0.2) is 0 Å². The van der Waals surface area contributed by atoms with E-state index in [4.69, 9.17) is 10.5 Å². The maximum absolute atomic E-state index is 6.00. The van der Waals surface area contributed by atoms with Crippen molar-refractivity contribution in [3.8, 4) is 0 Å². The molecule has 98 valence electrons. The molecule has 0 aromatic heterocycles. The molecule has 0 bridgehead atoms. The molecule has 3 nitrogen and oxygen atoms in total. The van der Waals surface area contributed by atoms with E-state index in [0.29, 0.717) is 0 Å². The Morgan fingerprint density at radius 1 is 1.25 bits per heavy atom. The normalized spacial score (nSPS) is 15.0. The van der Waals surface area contributed by atoms with Gasteiger partial charge in [0.2, 0.25) is 0 Å². The molecular formula is C12H27IN2O. The van der Waals surface area contributed by atoms with Gasteiger partial charge in [0.05, 0.1) is 5.60 Å². The number of nitrogens with one attached hydrogen (secondary N) is 1. The molecule has 16 heavy (non-hydrogen) atoms. The molecule has 4 heteroatoms. The number of hydrogen-bond donors (Lipinski definition) is 2. The predicted octanol–water partition coefficient (Wildman–Crippen LogP) is 3.02. The van der Waals surface area contributed by atoms with Crippen molar-refractivity contribution in [1.29, 1.82) is 0 Å². The van der Waals surface area contributed by atoms with Crippen molar-refractivity contribution < 1.29 is 4.74 Å². The van der Waals surface area contributed by atoms with E-state index >= 15 is 0 Å². The Bertz CT molecular complexity index is 158. The van der Waals surface area contributed by atoms with Gasteiger partial charge in [-0.3, -0.25) is 3.53 Å². The molecule has 0 spiro atoms. The van der Waals surface area contributed by atoms with Crippen LogP contribution in [-0.2, 0) is 4.74 Å². The second-order valence-corrected chi connectivity index (χ2v) is 5.25. The number of nitrogens with two attached hydrogens (primary N) is 1. The lowest BCUT2D eigenvalue weighted by Gasteiger charge is -2.29. The van der Waals surface area contributed by atoms with Crippen molar-refractivity contribution in [1.82, 2.24) is 3.53 Å². The third-order valence-electron chi connectivity index (χ3n) is 3.02. The molecule has 0 aromatic rings. The average Bonchev–Trinajstić information content (AvgIpc) is 2.29. The van der Waals surface area contributed by atoms with Crippen molar-refractivity contribution >= 4 is 22.9 Å². The van der Waals surface area contributed by atoms with E-state index in [1.807, 2.05) is 0 Å². The summed E-state index contributed by atoms with van der Waals surface area (Å²) in [6, 6.07) is 0. The lowest BCUT2D eigenvalue weighted by Crippen LogP contribution is -2.28. The maximum atomic E-state index is 6.00. The fourth-order valence-electron chi connectivity index (χ4n) is 1.61. The van der Waals surface area contributed by atoms with Crippen LogP contribution < -0.4 is 9.26 Å². The minimum atomic E-state index is 0.0624. The zero-order valence-corrected chi connectivity index (χ0v) is 12.9. The average molecular weight is 342 g/mol. The lowest BCUT2D eigenvalue weighted by atomic mass is 9.95.